The Labute approximate surface area is 108 Å². The van der Waals surface area contributed by atoms with Gasteiger partial charge in [0.05, 0.1) is 18.2 Å². The number of aromatic nitrogens is 1. The van der Waals surface area contributed by atoms with Gasteiger partial charge >= 0.3 is 0 Å². The van der Waals surface area contributed by atoms with Gasteiger partial charge in [-0.15, -0.1) is 11.8 Å². The third-order valence-corrected chi connectivity index (χ3v) is 4.11. The van der Waals surface area contributed by atoms with Crippen molar-refractivity contribution in [1.29, 1.82) is 0 Å². The zero-order valence-electron chi connectivity index (χ0n) is 10.8. The smallest absolute Gasteiger partial charge is 0.0957 e. The second-order valence-electron chi connectivity index (χ2n) is 4.75. The number of hydrogen-bond donors (Lipinski definition) is 0. The number of hydrogen-bond acceptors (Lipinski definition) is 4. The lowest BCUT2D eigenvalue weighted by Crippen LogP contribution is -2.47. The summed E-state index contributed by atoms with van der Waals surface area (Å²) in [7, 11) is 0. The van der Waals surface area contributed by atoms with Crippen LogP contribution in [-0.2, 0) is 10.3 Å². The highest BCUT2D eigenvalue weighted by molar-refractivity contribution is 7.98. The second kappa shape index (κ2) is 5.38. The van der Waals surface area contributed by atoms with Crippen LogP contribution in [-0.4, -0.2) is 42.4 Å². The summed E-state index contributed by atoms with van der Waals surface area (Å²) in [5.74, 6) is 0. The number of morpholine rings is 1. The molecular formula is C13H20N2OS. The fourth-order valence-electron chi connectivity index (χ4n) is 2.17. The van der Waals surface area contributed by atoms with Gasteiger partial charge in [-0.05, 0) is 31.7 Å². The van der Waals surface area contributed by atoms with Crippen molar-refractivity contribution >= 4 is 11.8 Å². The van der Waals surface area contributed by atoms with E-state index in [9.17, 15) is 0 Å². The average molecular weight is 252 g/mol. The summed E-state index contributed by atoms with van der Waals surface area (Å²) in [5, 5.41) is 1.08. The van der Waals surface area contributed by atoms with E-state index in [0.29, 0.717) is 0 Å². The lowest BCUT2D eigenvalue weighted by atomic mass is 9.93. The van der Waals surface area contributed by atoms with Gasteiger partial charge in [0.15, 0.2) is 0 Å². The fraction of sp³-hybridized carbons (Fsp3) is 0.615. The van der Waals surface area contributed by atoms with Crippen LogP contribution in [0.4, 0.5) is 0 Å². The number of thioether (sulfide) groups is 1. The summed E-state index contributed by atoms with van der Waals surface area (Å²) in [4.78, 5) is 6.93. The molecule has 1 aliphatic heterocycles. The molecule has 0 amide bonds. The Morgan fingerprint density at radius 3 is 2.53 bits per heavy atom. The SMILES string of the molecule is CSc1ccc(C(C)(C)N2CCOCC2)cn1. The molecule has 0 bridgehead atoms. The normalized spacial score (nSPS) is 18.3. The molecule has 94 valence electrons. The Hall–Kier alpha value is -0.580. The topological polar surface area (TPSA) is 25.4 Å². The summed E-state index contributed by atoms with van der Waals surface area (Å²) in [6.07, 6.45) is 4.05. The van der Waals surface area contributed by atoms with E-state index in [1.54, 1.807) is 11.8 Å². The molecule has 1 fully saturated rings. The van der Waals surface area contributed by atoms with Crippen molar-refractivity contribution in [2.24, 2.45) is 0 Å². The first-order valence-corrected chi connectivity index (χ1v) is 7.20. The number of pyridine rings is 1. The summed E-state index contributed by atoms with van der Waals surface area (Å²) in [5.41, 5.74) is 1.31. The molecule has 4 heteroatoms. The summed E-state index contributed by atoms with van der Waals surface area (Å²) in [6.45, 7) is 8.18. The van der Waals surface area contributed by atoms with Crippen LogP contribution in [0.5, 0.6) is 0 Å². The van der Waals surface area contributed by atoms with Gasteiger partial charge in [-0.25, -0.2) is 4.98 Å². The van der Waals surface area contributed by atoms with Crippen molar-refractivity contribution in [2.75, 3.05) is 32.6 Å². The van der Waals surface area contributed by atoms with Gasteiger partial charge in [-0.1, -0.05) is 6.07 Å². The Morgan fingerprint density at radius 1 is 1.29 bits per heavy atom. The predicted octanol–water partition coefficient (Wildman–Crippen LogP) is 2.37. The lowest BCUT2D eigenvalue weighted by molar-refractivity contribution is -0.0119. The van der Waals surface area contributed by atoms with Crippen molar-refractivity contribution in [1.82, 2.24) is 9.88 Å². The minimum Gasteiger partial charge on any atom is -0.379 e. The van der Waals surface area contributed by atoms with Crippen molar-refractivity contribution in [2.45, 2.75) is 24.4 Å². The monoisotopic (exact) mass is 252 g/mol. The fourth-order valence-corrected chi connectivity index (χ4v) is 2.53. The molecule has 0 saturated carbocycles. The van der Waals surface area contributed by atoms with E-state index in [1.165, 1.54) is 5.56 Å². The molecule has 0 atom stereocenters. The van der Waals surface area contributed by atoms with Gasteiger partial charge in [0.1, 0.15) is 0 Å². The minimum atomic E-state index is 0.0354. The third kappa shape index (κ3) is 2.81. The van der Waals surface area contributed by atoms with Crippen LogP contribution in [0.3, 0.4) is 0 Å². The molecule has 3 nitrogen and oxygen atoms in total. The van der Waals surface area contributed by atoms with Gasteiger partial charge in [-0.3, -0.25) is 4.90 Å². The molecule has 1 aromatic heterocycles. The van der Waals surface area contributed by atoms with E-state index in [2.05, 4.69) is 42.1 Å². The highest BCUT2D eigenvalue weighted by Crippen LogP contribution is 2.28. The molecule has 0 aromatic carbocycles. The first-order valence-electron chi connectivity index (χ1n) is 5.98. The largest absolute Gasteiger partial charge is 0.379 e. The number of nitrogens with zero attached hydrogens (tertiary/aromatic N) is 2. The highest BCUT2D eigenvalue weighted by atomic mass is 32.2. The maximum atomic E-state index is 5.41. The zero-order chi connectivity index (χ0) is 12.3. The predicted molar refractivity (Wildman–Crippen MR) is 71.4 cm³/mol. The number of rotatable bonds is 3. The van der Waals surface area contributed by atoms with Crippen LogP contribution in [0.1, 0.15) is 19.4 Å². The van der Waals surface area contributed by atoms with Gasteiger partial charge in [0.2, 0.25) is 0 Å². The van der Waals surface area contributed by atoms with Crippen molar-refractivity contribution < 1.29 is 4.74 Å². The van der Waals surface area contributed by atoms with Crippen LogP contribution in [0, 0.1) is 0 Å². The molecule has 0 N–H and O–H groups in total. The van der Waals surface area contributed by atoms with Gasteiger partial charge in [0, 0.05) is 24.8 Å². The Morgan fingerprint density at radius 2 is 2.00 bits per heavy atom. The average Bonchev–Trinajstić information content (AvgIpc) is 2.40. The summed E-state index contributed by atoms with van der Waals surface area (Å²) in [6, 6.07) is 4.29. The third-order valence-electron chi connectivity index (χ3n) is 3.45. The number of ether oxygens (including phenoxy) is 1. The van der Waals surface area contributed by atoms with E-state index in [-0.39, 0.29) is 5.54 Å². The van der Waals surface area contributed by atoms with Crippen LogP contribution in [0.25, 0.3) is 0 Å². The molecule has 0 radical (unpaired) electrons. The van der Waals surface area contributed by atoms with Crippen molar-refractivity contribution in [3.63, 3.8) is 0 Å². The Balaban J connectivity index is 2.17. The Kier molecular flexibility index (Phi) is 4.07. The first kappa shape index (κ1) is 12.9. The maximum absolute atomic E-state index is 5.41. The standard InChI is InChI=1S/C13H20N2OS/c1-13(2,15-6-8-16-9-7-15)11-4-5-12(17-3)14-10-11/h4-5,10H,6-9H2,1-3H3. The molecule has 2 rings (SSSR count). The molecule has 1 saturated heterocycles. The molecule has 17 heavy (non-hydrogen) atoms. The van der Waals surface area contributed by atoms with E-state index < -0.39 is 0 Å². The summed E-state index contributed by atoms with van der Waals surface area (Å²) >= 11 is 1.68. The first-order chi connectivity index (χ1) is 8.14. The molecule has 1 aliphatic rings. The molecule has 1 aromatic rings. The summed E-state index contributed by atoms with van der Waals surface area (Å²) < 4.78 is 5.41. The quantitative estimate of drug-likeness (QED) is 0.771. The van der Waals surface area contributed by atoms with Gasteiger partial charge in [0.25, 0.3) is 0 Å². The van der Waals surface area contributed by atoms with Crippen molar-refractivity contribution in [3.05, 3.63) is 23.9 Å². The van der Waals surface area contributed by atoms with Gasteiger partial charge < -0.3 is 4.74 Å². The zero-order valence-corrected chi connectivity index (χ0v) is 11.6. The van der Waals surface area contributed by atoms with Crippen LogP contribution >= 0.6 is 11.8 Å². The molecular weight excluding hydrogens is 232 g/mol. The van der Waals surface area contributed by atoms with E-state index in [1.807, 2.05) is 6.20 Å². The van der Waals surface area contributed by atoms with Crippen LogP contribution in [0.2, 0.25) is 0 Å². The maximum Gasteiger partial charge on any atom is 0.0957 e. The minimum absolute atomic E-state index is 0.0354. The van der Waals surface area contributed by atoms with E-state index in [0.717, 1.165) is 31.3 Å². The molecule has 2 heterocycles. The van der Waals surface area contributed by atoms with Crippen LogP contribution < -0.4 is 0 Å². The van der Waals surface area contributed by atoms with E-state index in [4.69, 9.17) is 4.74 Å². The Bertz CT molecular complexity index is 358. The second-order valence-corrected chi connectivity index (χ2v) is 5.57. The molecule has 0 spiro atoms. The lowest BCUT2D eigenvalue weighted by Gasteiger charge is -2.41. The van der Waals surface area contributed by atoms with Crippen LogP contribution in [0.15, 0.2) is 23.4 Å². The molecule has 0 aliphatic carbocycles. The van der Waals surface area contributed by atoms with E-state index >= 15 is 0 Å². The van der Waals surface area contributed by atoms with Crippen molar-refractivity contribution in [3.8, 4) is 0 Å². The molecule has 0 unspecified atom stereocenters. The van der Waals surface area contributed by atoms with Gasteiger partial charge in [-0.2, -0.15) is 0 Å². The highest BCUT2D eigenvalue weighted by Gasteiger charge is 2.30.